The summed E-state index contributed by atoms with van der Waals surface area (Å²) < 4.78 is 1.51. The molecule has 0 bridgehead atoms. The highest BCUT2D eigenvalue weighted by Crippen LogP contribution is 2.09. The zero-order valence-corrected chi connectivity index (χ0v) is 11.4. The lowest BCUT2D eigenvalue weighted by atomic mass is 10.2. The van der Waals surface area contributed by atoms with Gasteiger partial charge in [-0.1, -0.05) is 12.8 Å². The van der Waals surface area contributed by atoms with Gasteiger partial charge < -0.3 is 10.6 Å². The lowest BCUT2D eigenvalue weighted by Gasteiger charge is -2.21. The number of hydrogen-bond donors (Lipinski definition) is 1. The molecule has 0 saturated carbocycles. The van der Waals surface area contributed by atoms with E-state index in [0.717, 1.165) is 25.9 Å². The van der Waals surface area contributed by atoms with Crippen molar-refractivity contribution in [1.82, 2.24) is 14.7 Å². The maximum Gasteiger partial charge on any atom is 0.306 e. The van der Waals surface area contributed by atoms with Crippen molar-refractivity contribution in [2.24, 2.45) is 10.7 Å². The molecule has 8 nitrogen and oxygen atoms in total. The third-order valence-corrected chi connectivity index (χ3v) is 3.36. The van der Waals surface area contributed by atoms with Gasteiger partial charge in [0.2, 0.25) is 0 Å². The third kappa shape index (κ3) is 3.94. The van der Waals surface area contributed by atoms with Gasteiger partial charge in [-0.05, 0) is 12.8 Å². The minimum atomic E-state index is -0.460. The van der Waals surface area contributed by atoms with E-state index in [9.17, 15) is 10.1 Å². The van der Waals surface area contributed by atoms with E-state index in [-0.39, 0.29) is 5.69 Å². The first kappa shape index (κ1) is 14.3. The van der Waals surface area contributed by atoms with Crippen LogP contribution in [0.5, 0.6) is 0 Å². The summed E-state index contributed by atoms with van der Waals surface area (Å²) in [6, 6.07) is 0. The zero-order chi connectivity index (χ0) is 14.4. The van der Waals surface area contributed by atoms with Gasteiger partial charge in [0.25, 0.3) is 0 Å². The molecule has 0 spiro atoms. The van der Waals surface area contributed by atoms with Gasteiger partial charge in [-0.25, -0.2) is 0 Å². The summed E-state index contributed by atoms with van der Waals surface area (Å²) in [5.74, 6) is 0.563. The number of nitrogens with zero attached hydrogens (tertiary/aromatic N) is 5. The van der Waals surface area contributed by atoms with Gasteiger partial charge in [0, 0.05) is 13.1 Å². The van der Waals surface area contributed by atoms with Crippen molar-refractivity contribution in [3.63, 3.8) is 0 Å². The van der Waals surface area contributed by atoms with Gasteiger partial charge in [0.15, 0.2) is 5.96 Å². The minimum absolute atomic E-state index is 0.00512. The van der Waals surface area contributed by atoms with Crippen molar-refractivity contribution in [1.29, 1.82) is 0 Å². The quantitative estimate of drug-likeness (QED) is 0.383. The SMILES string of the molecule is NC(=NCCn1cc([N+](=O)[O-])cn1)N1CCCCCC1. The fourth-order valence-electron chi connectivity index (χ4n) is 2.24. The average molecular weight is 280 g/mol. The highest BCUT2D eigenvalue weighted by atomic mass is 16.6. The standard InChI is InChI=1S/C12H20N6O2/c13-12(16-6-3-1-2-4-7-16)14-5-8-17-10-11(9-15-17)18(19)20/h9-10H,1-8H2,(H2,13,14). The number of guanidine groups is 1. The van der Waals surface area contributed by atoms with Crippen LogP contribution in [0.3, 0.4) is 0 Å². The highest BCUT2D eigenvalue weighted by Gasteiger charge is 2.11. The van der Waals surface area contributed by atoms with Crippen LogP contribution in [0.1, 0.15) is 25.7 Å². The van der Waals surface area contributed by atoms with Crippen molar-refractivity contribution in [3.8, 4) is 0 Å². The Balaban J connectivity index is 1.83. The van der Waals surface area contributed by atoms with Crippen LogP contribution in [0.4, 0.5) is 5.69 Å². The van der Waals surface area contributed by atoms with E-state index in [1.54, 1.807) is 0 Å². The molecule has 1 aliphatic rings. The summed E-state index contributed by atoms with van der Waals surface area (Å²) in [4.78, 5) is 16.5. The normalized spacial score (nSPS) is 17.0. The maximum atomic E-state index is 10.5. The number of likely N-dealkylation sites (tertiary alicyclic amines) is 1. The molecule has 1 saturated heterocycles. The number of nitrogens with two attached hydrogens (primary N) is 1. The molecule has 2 N–H and O–H groups in total. The zero-order valence-electron chi connectivity index (χ0n) is 11.4. The maximum absolute atomic E-state index is 10.5. The molecule has 0 aromatic carbocycles. The van der Waals surface area contributed by atoms with Crippen LogP contribution in [0, 0.1) is 10.1 Å². The number of hydrogen-bond acceptors (Lipinski definition) is 4. The Kier molecular flexibility index (Phi) is 4.91. The summed E-state index contributed by atoms with van der Waals surface area (Å²) in [6.07, 6.45) is 7.45. The first-order valence-electron chi connectivity index (χ1n) is 6.88. The Morgan fingerprint density at radius 2 is 2.10 bits per heavy atom. The molecule has 110 valence electrons. The number of rotatable bonds is 4. The first-order valence-corrected chi connectivity index (χ1v) is 6.88. The van der Waals surface area contributed by atoms with Gasteiger partial charge in [-0.3, -0.25) is 19.8 Å². The summed E-state index contributed by atoms with van der Waals surface area (Å²) in [6.45, 7) is 2.88. The van der Waals surface area contributed by atoms with Crippen LogP contribution in [0.2, 0.25) is 0 Å². The fraction of sp³-hybridized carbons (Fsp3) is 0.667. The summed E-state index contributed by atoms with van der Waals surface area (Å²) >= 11 is 0. The fourth-order valence-corrected chi connectivity index (χ4v) is 2.24. The molecule has 1 aromatic heterocycles. The number of aromatic nitrogens is 2. The molecule has 0 unspecified atom stereocenters. The average Bonchev–Trinajstić information content (AvgIpc) is 2.73. The van der Waals surface area contributed by atoms with Crippen LogP contribution >= 0.6 is 0 Å². The van der Waals surface area contributed by atoms with E-state index in [0.29, 0.717) is 19.0 Å². The molecule has 2 rings (SSSR count). The first-order chi connectivity index (χ1) is 9.66. The molecule has 0 aliphatic carbocycles. The lowest BCUT2D eigenvalue weighted by molar-refractivity contribution is -0.385. The van der Waals surface area contributed by atoms with Gasteiger partial charge in [0.1, 0.15) is 12.4 Å². The Hall–Kier alpha value is -2.12. The van der Waals surface area contributed by atoms with Crippen molar-refractivity contribution in [3.05, 3.63) is 22.5 Å². The van der Waals surface area contributed by atoms with E-state index < -0.39 is 4.92 Å². The van der Waals surface area contributed by atoms with Crippen LogP contribution in [-0.4, -0.2) is 45.2 Å². The molecule has 0 atom stereocenters. The second kappa shape index (κ2) is 6.88. The summed E-state index contributed by atoms with van der Waals surface area (Å²) in [7, 11) is 0. The predicted octanol–water partition coefficient (Wildman–Crippen LogP) is 0.982. The summed E-state index contributed by atoms with van der Waals surface area (Å²) in [5.41, 5.74) is 5.97. The van der Waals surface area contributed by atoms with E-state index in [2.05, 4.69) is 15.0 Å². The minimum Gasteiger partial charge on any atom is -0.370 e. The monoisotopic (exact) mass is 280 g/mol. The van der Waals surface area contributed by atoms with Crippen LogP contribution in [-0.2, 0) is 6.54 Å². The second-order valence-corrected chi connectivity index (χ2v) is 4.86. The Morgan fingerprint density at radius 3 is 2.70 bits per heavy atom. The second-order valence-electron chi connectivity index (χ2n) is 4.86. The molecule has 1 fully saturated rings. The van der Waals surface area contributed by atoms with E-state index >= 15 is 0 Å². The van der Waals surface area contributed by atoms with Crippen molar-refractivity contribution >= 4 is 11.6 Å². The molecule has 1 aliphatic heterocycles. The smallest absolute Gasteiger partial charge is 0.306 e. The van der Waals surface area contributed by atoms with Crippen molar-refractivity contribution in [2.75, 3.05) is 19.6 Å². The number of nitro groups is 1. The Bertz CT molecular complexity index is 476. The van der Waals surface area contributed by atoms with Crippen LogP contribution in [0.15, 0.2) is 17.4 Å². The van der Waals surface area contributed by atoms with Crippen molar-refractivity contribution in [2.45, 2.75) is 32.2 Å². The van der Waals surface area contributed by atoms with Crippen molar-refractivity contribution < 1.29 is 4.92 Å². The lowest BCUT2D eigenvalue weighted by Crippen LogP contribution is -2.38. The van der Waals surface area contributed by atoms with Gasteiger partial charge in [-0.15, -0.1) is 0 Å². The molecule has 0 radical (unpaired) electrons. The summed E-state index contributed by atoms with van der Waals surface area (Å²) in [5, 5.41) is 14.4. The van der Waals surface area contributed by atoms with Gasteiger partial charge in [0.05, 0.1) is 18.0 Å². The van der Waals surface area contributed by atoms with E-state index in [1.165, 1.54) is 29.9 Å². The molecule has 20 heavy (non-hydrogen) atoms. The van der Waals surface area contributed by atoms with Crippen LogP contribution < -0.4 is 5.73 Å². The molecule has 2 heterocycles. The predicted molar refractivity (Wildman–Crippen MR) is 75.4 cm³/mol. The third-order valence-electron chi connectivity index (χ3n) is 3.36. The largest absolute Gasteiger partial charge is 0.370 e. The van der Waals surface area contributed by atoms with Gasteiger partial charge in [-0.2, -0.15) is 5.10 Å². The van der Waals surface area contributed by atoms with Gasteiger partial charge >= 0.3 is 5.69 Å². The number of aliphatic imine (C=N–C) groups is 1. The van der Waals surface area contributed by atoms with Crippen LogP contribution in [0.25, 0.3) is 0 Å². The topological polar surface area (TPSA) is 103 Å². The van der Waals surface area contributed by atoms with E-state index in [1.807, 2.05) is 0 Å². The molecular weight excluding hydrogens is 260 g/mol. The molecule has 8 heteroatoms. The Labute approximate surface area is 117 Å². The van der Waals surface area contributed by atoms with E-state index in [4.69, 9.17) is 5.73 Å². The highest BCUT2D eigenvalue weighted by molar-refractivity contribution is 5.78. The molecular formula is C12H20N6O2. The Morgan fingerprint density at radius 1 is 1.40 bits per heavy atom. The molecule has 0 amide bonds. The molecule has 1 aromatic rings.